The van der Waals surface area contributed by atoms with Crippen LogP contribution in [0.2, 0.25) is 10.0 Å². The van der Waals surface area contributed by atoms with Crippen molar-refractivity contribution in [1.82, 2.24) is 0 Å². The Morgan fingerprint density at radius 1 is 1.20 bits per heavy atom. The molecule has 1 nitrogen and oxygen atoms in total. The molecular weight excluding hydrogens is 194 g/mol. The van der Waals surface area contributed by atoms with Crippen molar-refractivity contribution in [3.63, 3.8) is 0 Å². The van der Waals surface area contributed by atoms with E-state index in [0.29, 0.717) is 5.02 Å². The summed E-state index contributed by atoms with van der Waals surface area (Å²) in [7, 11) is 0. The van der Waals surface area contributed by atoms with Gasteiger partial charge >= 0.3 is 0 Å². The Hall–Kier alpha value is -0.110. The van der Waals surface area contributed by atoms with E-state index in [1.165, 1.54) is 12.1 Å². The number of hydrogen-bond donors (Lipinski definition) is 1. The molecule has 0 saturated carbocycles. The molecule has 56 valence electrons. The predicted octanol–water partition coefficient (Wildman–Crippen LogP) is 3.12. The normalized spacial score (nSPS) is 8.60. The zero-order chi connectivity index (χ0) is 6.85. The minimum Gasteiger partial charge on any atom is -0.506 e. The molecular formula is C6H5Cl3O. The van der Waals surface area contributed by atoms with E-state index in [4.69, 9.17) is 28.3 Å². The largest absolute Gasteiger partial charge is 0.506 e. The monoisotopic (exact) mass is 198 g/mol. The molecule has 10 heavy (non-hydrogen) atoms. The van der Waals surface area contributed by atoms with Gasteiger partial charge in [-0.25, -0.2) is 0 Å². The number of halogens is 3. The number of phenolic OH excluding ortho intramolecular Hbond substituents is 1. The molecule has 0 atom stereocenters. The molecule has 0 heterocycles. The Morgan fingerprint density at radius 3 is 2.20 bits per heavy atom. The highest BCUT2D eigenvalue weighted by Crippen LogP contribution is 2.25. The molecule has 0 radical (unpaired) electrons. The Labute approximate surface area is 75.0 Å². The average Bonchev–Trinajstić information content (AvgIpc) is 1.80. The van der Waals surface area contributed by atoms with Crippen molar-refractivity contribution in [3.8, 4) is 5.75 Å². The van der Waals surface area contributed by atoms with Crippen LogP contribution in [0.4, 0.5) is 0 Å². The minimum absolute atomic E-state index is 0. The molecule has 0 unspecified atom stereocenters. The number of aromatic hydroxyl groups is 1. The van der Waals surface area contributed by atoms with Crippen LogP contribution in [0, 0.1) is 0 Å². The smallest absolute Gasteiger partial charge is 0.134 e. The second-order valence-corrected chi connectivity index (χ2v) is 2.44. The maximum atomic E-state index is 8.85. The summed E-state index contributed by atoms with van der Waals surface area (Å²) in [5, 5.41) is 9.66. The average molecular weight is 199 g/mol. The van der Waals surface area contributed by atoms with Crippen molar-refractivity contribution in [2.45, 2.75) is 0 Å². The number of benzene rings is 1. The maximum Gasteiger partial charge on any atom is 0.134 e. The first-order chi connectivity index (χ1) is 4.20. The van der Waals surface area contributed by atoms with Gasteiger partial charge in [0, 0.05) is 5.02 Å². The van der Waals surface area contributed by atoms with Gasteiger partial charge in [0.2, 0.25) is 0 Å². The molecule has 0 amide bonds. The minimum atomic E-state index is 0. The Kier molecular flexibility index (Phi) is 3.87. The highest BCUT2D eigenvalue weighted by atomic mass is 35.5. The molecule has 0 saturated heterocycles. The second kappa shape index (κ2) is 3.91. The summed E-state index contributed by atoms with van der Waals surface area (Å²) in [6, 6.07) is 4.51. The number of rotatable bonds is 0. The fourth-order valence-corrected chi connectivity index (χ4v) is 0.890. The summed E-state index contributed by atoms with van der Waals surface area (Å²) < 4.78 is 0. The van der Waals surface area contributed by atoms with Gasteiger partial charge in [-0.05, 0) is 18.2 Å². The summed E-state index contributed by atoms with van der Waals surface area (Å²) in [4.78, 5) is 0. The Morgan fingerprint density at radius 2 is 1.80 bits per heavy atom. The van der Waals surface area contributed by atoms with Crippen LogP contribution < -0.4 is 0 Å². The van der Waals surface area contributed by atoms with E-state index in [1.54, 1.807) is 6.07 Å². The van der Waals surface area contributed by atoms with Gasteiger partial charge in [0.05, 0.1) is 5.02 Å². The molecule has 0 aliphatic heterocycles. The van der Waals surface area contributed by atoms with Crippen molar-refractivity contribution >= 4 is 35.6 Å². The van der Waals surface area contributed by atoms with Crippen molar-refractivity contribution in [2.75, 3.05) is 0 Å². The van der Waals surface area contributed by atoms with E-state index >= 15 is 0 Å². The summed E-state index contributed by atoms with van der Waals surface area (Å²) in [5.74, 6) is 0.0565. The number of hydrogen-bond acceptors (Lipinski definition) is 1. The van der Waals surface area contributed by atoms with Crippen molar-refractivity contribution in [1.29, 1.82) is 0 Å². The Bertz CT molecular complexity index is 224. The fraction of sp³-hybridized carbons (Fsp3) is 0. The quantitative estimate of drug-likeness (QED) is 0.681. The summed E-state index contributed by atoms with van der Waals surface area (Å²) >= 11 is 11.0. The molecule has 0 aliphatic carbocycles. The van der Waals surface area contributed by atoms with Crippen molar-refractivity contribution in [2.24, 2.45) is 0 Å². The van der Waals surface area contributed by atoms with Crippen LogP contribution in [0.15, 0.2) is 18.2 Å². The van der Waals surface area contributed by atoms with Crippen LogP contribution in [-0.2, 0) is 0 Å². The molecule has 0 spiro atoms. The topological polar surface area (TPSA) is 20.2 Å². The molecule has 1 aromatic carbocycles. The molecule has 4 heteroatoms. The van der Waals surface area contributed by atoms with Gasteiger partial charge < -0.3 is 5.11 Å². The van der Waals surface area contributed by atoms with Gasteiger partial charge in [-0.1, -0.05) is 23.2 Å². The summed E-state index contributed by atoms with van der Waals surface area (Å²) in [5.41, 5.74) is 0. The van der Waals surface area contributed by atoms with Crippen LogP contribution >= 0.6 is 35.6 Å². The fourth-order valence-electron chi connectivity index (χ4n) is 0.481. The molecule has 1 rings (SSSR count). The lowest BCUT2D eigenvalue weighted by molar-refractivity contribution is 0.475. The highest BCUT2D eigenvalue weighted by Gasteiger charge is 1.95. The summed E-state index contributed by atoms with van der Waals surface area (Å²) in [6.45, 7) is 0. The second-order valence-electron chi connectivity index (χ2n) is 1.60. The van der Waals surface area contributed by atoms with E-state index in [9.17, 15) is 0 Å². The predicted molar refractivity (Wildman–Crippen MR) is 45.4 cm³/mol. The van der Waals surface area contributed by atoms with Gasteiger partial charge in [0.25, 0.3) is 0 Å². The van der Waals surface area contributed by atoms with Gasteiger partial charge in [0.15, 0.2) is 0 Å². The van der Waals surface area contributed by atoms with E-state index in [0.717, 1.165) is 0 Å². The molecule has 0 bridgehead atoms. The van der Waals surface area contributed by atoms with E-state index in [-0.39, 0.29) is 23.2 Å². The third kappa shape index (κ3) is 2.25. The van der Waals surface area contributed by atoms with Crippen molar-refractivity contribution in [3.05, 3.63) is 28.2 Å². The van der Waals surface area contributed by atoms with Crippen LogP contribution in [0.5, 0.6) is 5.75 Å². The van der Waals surface area contributed by atoms with Crippen LogP contribution in [0.1, 0.15) is 0 Å². The van der Waals surface area contributed by atoms with Crippen molar-refractivity contribution < 1.29 is 5.11 Å². The van der Waals surface area contributed by atoms with Crippen LogP contribution in [-0.4, -0.2) is 5.11 Å². The first-order valence-corrected chi connectivity index (χ1v) is 3.10. The zero-order valence-electron chi connectivity index (χ0n) is 4.84. The lowest BCUT2D eigenvalue weighted by Gasteiger charge is -1.93. The molecule has 0 aromatic heterocycles. The molecule has 1 N–H and O–H groups in total. The third-order valence-corrected chi connectivity index (χ3v) is 1.45. The number of phenols is 1. The maximum absolute atomic E-state index is 8.85. The van der Waals surface area contributed by atoms with Gasteiger partial charge in [0.1, 0.15) is 5.75 Å². The SMILES string of the molecule is Cl.Oc1ccc(Cl)cc1Cl. The van der Waals surface area contributed by atoms with Gasteiger partial charge in [-0.2, -0.15) is 0 Å². The zero-order valence-corrected chi connectivity index (χ0v) is 7.17. The van der Waals surface area contributed by atoms with Gasteiger partial charge in [-0.15, -0.1) is 12.4 Å². The van der Waals surface area contributed by atoms with E-state index < -0.39 is 0 Å². The molecule has 0 aliphatic rings. The molecule has 0 fully saturated rings. The van der Waals surface area contributed by atoms with Gasteiger partial charge in [-0.3, -0.25) is 0 Å². The lowest BCUT2D eigenvalue weighted by Crippen LogP contribution is -1.66. The van der Waals surface area contributed by atoms with E-state index in [2.05, 4.69) is 0 Å². The first-order valence-electron chi connectivity index (χ1n) is 2.34. The van der Waals surface area contributed by atoms with Crippen LogP contribution in [0.3, 0.4) is 0 Å². The molecule has 1 aromatic rings. The van der Waals surface area contributed by atoms with Crippen LogP contribution in [0.25, 0.3) is 0 Å². The lowest BCUT2D eigenvalue weighted by atomic mass is 10.3. The standard InChI is InChI=1S/C6H4Cl2O.ClH/c7-4-1-2-6(9)5(8)3-4;/h1-3,9H;1H. The summed E-state index contributed by atoms with van der Waals surface area (Å²) in [6.07, 6.45) is 0. The third-order valence-electron chi connectivity index (χ3n) is 0.910. The van der Waals surface area contributed by atoms with E-state index in [1.807, 2.05) is 0 Å². The highest BCUT2D eigenvalue weighted by molar-refractivity contribution is 6.35. The Balaban J connectivity index is 0.000000810. The first kappa shape index (κ1) is 9.89.